The summed E-state index contributed by atoms with van der Waals surface area (Å²) in [7, 11) is 0. The van der Waals surface area contributed by atoms with Crippen LogP contribution in [0.3, 0.4) is 0 Å². The summed E-state index contributed by atoms with van der Waals surface area (Å²) in [4.78, 5) is 5.51. The van der Waals surface area contributed by atoms with E-state index in [-0.39, 0.29) is 11.4 Å². The predicted molar refractivity (Wildman–Crippen MR) is 58.9 cm³/mol. The number of oxime groups is 1. The summed E-state index contributed by atoms with van der Waals surface area (Å²) in [5, 5.41) is 7.36. The van der Waals surface area contributed by atoms with Crippen molar-refractivity contribution in [3.8, 4) is 0 Å². The Balaban J connectivity index is 1.83. The molecule has 0 aromatic heterocycles. The van der Waals surface area contributed by atoms with Crippen LogP contribution < -0.4 is 5.32 Å². The number of nitrogens with zero attached hydrogens (tertiary/aromatic N) is 1. The topological polar surface area (TPSA) is 33.6 Å². The lowest BCUT2D eigenvalue weighted by Gasteiger charge is -2.18. The van der Waals surface area contributed by atoms with Crippen LogP contribution in [0.2, 0.25) is 0 Å². The molecular formula is C12H13FN2O. The Morgan fingerprint density at radius 1 is 1.44 bits per heavy atom. The summed E-state index contributed by atoms with van der Waals surface area (Å²) in [6.45, 7) is 1.79. The summed E-state index contributed by atoms with van der Waals surface area (Å²) in [5.41, 5.74) is 1.49. The largest absolute Gasteiger partial charge is 0.387 e. The Kier molecular flexibility index (Phi) is 2.17. The first-order chi connectivity index (χ1) is 7.77. The van der Waals surface area contributed by atoms with Crippen LogP contribution in [0.5, 0.6) is 0 Å². The molecule has 84 valence electrons. The Morgan fingerprint density at radius 3 is 3.12 bits per heavy atom. The highest BCUT2D eigenvalue weighted by molar-refractivity contribution is 6.01. The van der Waals surface area contributed by atoms with Crippen LogP contribution in [-0.4, -0.2) is 24.4 Å². The fraction of sp³-hybridized carbons (Fsp3) is 0.417. The maximum absolute atomic E-state index is 13.1. The van der Waals surface area contributed by atoms with E-state index in [4.69, 9.17) is 4.84 Å². The molecule has 0 aliphatic carbocycles. The van der Waals surface area contributed by atoms with Gasteiger partial charge in [0.2, 0.25) is 0 Å². The lowest BCUT2D eigenvalue weighted by atomic mass is 9.93. The first-order valence-electron chi connectivity index (χ1n) is 5.49. The average Bonchev–Trinajstić information content (AvgIpc) is 2.90. The maximum Gasteiger partial charge on any atom is 0.156 e. The van der Waals surface area contributed by atoms with Crippen molar-refractivity contribution in [1.29, 1.82) is 0 Å². The molecule has 1 unspecified atom stereocenters. The highest BCUT2D eigenvalue weighted by Gasteiger charge is 2.42. The Morgan fingerprint density at radius 2 is 2.38 bits per heavy atom. The third-order valence-corrected chi connectivity index (χ3v) is 3.20. The van der Waals surface area contributed by atoms with E-state index in [0.29, 0.717) is 0 Å². The molecule has 1 aromatic carbocycles. The third-order valence-electron chi connectivity index (χ3n) is 3.20. The van der Waals surface area contributed by atoms with Crippen LogP contribution >= 0.6 is 0 Å². The van der Waals surface area contributed by atoms with Gasteiger partial charge in [0.1, 0.15) is 5.82 Å². The second-order valence-electron chi connectivity index (χ2n) is 4.43. The lowest BCUT2D eigenvalue weighted by molar-refractivity contribution is -0.00190. The highest BCUT2D eigenvalue weighted by atomic mass is 19.1. The maximum atomic E-state index is 13.1. The standard InChI is InChI=1S/C12H13FN2O/c13-10-3-1-2-9(6-10)11-7-12(16-15-11)4-5-14-8-12/h1-3,6,14H,4-5,7-8H2. The number of hydrogen-bond donors (Lipinski definition) is 1. The van der Waals surface area contributed by atoms with Gasteiger partial charge in [-0.3, -0.25) is 0 Å². The van der Waals surface area contributed by atoms with Crippen LogP contribution in [-0.2, 0) is 4.84 Å². The Hall–Kier alpha value is -1.42. The molecule has 0 saturated carbocycles. The van der Waals surface area contributed by atoms with Crippen molar-refractivity contribution in [2.24, 2.45) is 5.16 Å². The van der Waals surface area contributed by atoms with Crippen molar-refractivity contribution in [3.05, 3.63) is 35.6 Å². The molecule has 2 aliphatic heterocycles. The summed E-state index contributed by atoms with van der Waals surface area (Å²) in [6, 6.07) is 6.51. The normalized spacial score (nSPS) is 28.2. The molecule has 4 heteroatoms. The molecule has 2 heterocycles. The van der Waals surface area contributed by atoms with Crippen molar-refractivity contribution in [2.45, 2.75) is 18.4 Å². The van der Waals surface area contributed by atoms with Gasteiger partial charge in [-0.05, 0) is 18.7 Å². The molecule has 1 fully saturated rings. The van der Waals surface area contributed by atoms with Gasteiger partial charge in [-0.25, -0.2) is 4.39 Å². The summed E-state index contributed by atoms with van der Waals surface area (Å²) in [6.07, 6.45) is 1.73. The van der Waals surface area contributed by atoms with Crippen molar-refractivity contribution >= 4 is 5.71 Å². The predicted octanol–water partition coefficient (Wildman–Crippen LogP) is 1.68. The summed E-state index contributed by atoms with van der Waals surface area (Å²) in [5.74, 6) is -0.231. The molecule has 2 aliphatic rings. The smallest absolute Gasteiger partial charge is 0.156 e. The Labute approximate surface area is 93.3 Å². The van der Waals surface area contributed by atoms with Crippen LogP contribution in [0.1, 0.15) is 18.4 Å². The summed E-state index contributed by atoms with van der Waals surface area (Å²) < 4.78 is 13.1. The van der Waals surface area contributed by atoms with Crippen molar-refractivity contribution in [2.75, 3.05) is 13.1 Å². The van der Waals surface area contributed by atoms with E-state index in [1.54, 1.807) is 6.07 Å². The molecule has 3 nitrogen and oxygen atoms in total. The lowest BCUT2D eigenvalue weighted by Crippen LogP contribution is -2.31. The van der Waals surface area contributed by atoms with Gasteiger partial charge in [0.15, 0.2) is 5.60 Å². The molecule has 0 amide bonds. The zero-order valence-corrected chi connectivity index (χ0v) is 8.87. The fourth-order valence-corrected chi connectivity index (χ4v) is 2.29. The number of hydrogen-bond acceptors (Lipinski definition) is 3. The van der Waals surface area contributed by atoms with Gasteiger partial charge in [-0.2, -0.15) is 0 Å². The van der Waals surface area contributed by atoms with E-state index >= 15 is 0 Å². The molecule has 16 heavy (non-hydrogen) atoms. The number of nitrogens with one attached hydrogen (secondary N) is 1. The first-order valence-corrected chi connectivity index (χ1v) is 5.49. The quantitative estimate of drug-likeness (QED) is 0.781. The second kappa shape index (κ2) is 3.56. The van der Waals surface area contributed by atoms with Crippen molar-refractivity contribution < 1.29 is 9.23 Å². The van der Waals surface area contributed by atoms with Crippen molar-refractivity contribution in [3.63, 3.8) is 0 Å². The van der Waals surface area contributed by atoms with Gasteiger partial charge < -0.3 is 10.2 Å². The molecule has 1 aromatic rings. The van der Waals surface area contributed by atoms with Gasteiger partial charge in [-0.15, -0.1) is 0 Å². The Bertz CT molecular complexity index is 438. The van der Waals surface area contributed by atoms with Crippen LogP contribution in [0.4, 0.5) is 4.39 Å². The molecule has 3 rings (SSSR count). The minimum atomic E-state index is -0.231. The van der Waals surface area contributed by atoms with Gasteiger partial charge >= 0.3 is 0 Å². The van der Waals surface area contributed by atoms with E-state index in [2.05, 4.69) is 10.5 Å². The zero-order chi connectivity index (χ0) is 11.0. The zero-order valence-electron chi connectivity index (χ0n) is 8.87. The first kappa shape index (κ1) is 9.78. The van der Waals surface area contributed by atoms with Crippen LogP contribution in [0, 0.1) is 5.82 Å². The van der Waals surface area contributed by atoms with Gasteiger partial charge in [-0.1, -0.05) is 17.3 Å². The second-order valence-corrected chi connectivity index (χ2v) is 4.43. The van der Waals surface area contributed by atoms with Crippen LogP contribution in [0.15, 0.2) is 29.4 Å². The van der Waals surface area contributed by atoms with Gasteiger partial charge in [0.25, 0.3) is 0 Å². The molecule has 1 saturated heterocycles. The molecule has 1 atom stereocenters. The third kappa shape index (κ3) is 1.59. The van der Waals surface area contributed by atoms with E-state index in [1.807, 2.05) is 6.07 Å². The van der Waals surface area contributed by atoms with E-state index in [9.17, 15) is 4.39 Å². The van der Waals surface area contributed by atoms with Gasteiger partial charge in [0.05, 0.1) is 5.71 Å². The number of rotatable bonds is 1. The molecular weight excluding hydrogens is 207 g/mol. The number of halogens is 1. The monoisotopic (exact) mass is 220 g/mol. The minimum Gasteiger partial charge on any atom is -0.387 e. The molecule has 1 spiro atoms. The van der Waals surface area contributed by atoms with E-state index < -0.39 is 0 Å². The molecule has 0 radical (unpaired) electrons. The minimum absolute atomic E-state index is 0.179. The van der Waals surface area contributed by atoms with Crippen molar-refractivity contribution in [1.82, 2.24) is 5.32 Å². The molecule has 0 bridgehead atoms. The van der Waals surface area contributed by atoms with E-state index in [1.165, 1.54) is 12.1 Å². The highest BCUT2D eigenvalue weighted by Crippen LogP contribution is 2.31. The van der Waals surface area contributed by atoms with Gasteiger partial charge in [0, 0.05) is 24.9 Å². The average molecular weight is 220 g/mol. The van der Waals surface area contributed by atoms with Crippen LogP contribution in [0.25, 0.3) is 0 Å². The molecule has 1 N–H and O–H groups in total. The van der Waals surface area contributed by atoms with E-state index in [0.717, 1.165) is 37.2 Å². The SMILES string of the molecule is Fc1cccc(C2=NOC3(CCNC3)C2)c1. The fourth-order valence-electron chi connectivity index (χ4n) is 2.29. The summed E-state index contributed by atoms with van der Waals surface area (Å²) >= 11 is 0. The number of benzene rings is 1.